The molecule has 98 valence electrons. The first-order valence-corrected chi connectivity index (χ1v) is 6.50. The largest absolute Gasteiger partial charge is 0.550 e. The van der Waals surface area contributed by atoms with Crippen LogP contribution in [-0.4, -0.2) is 39.2 Å². The molecule has 0 saturated carbocycles. The van der Waals surface area contributed by atoms with E-state index in [4.69, 9.17) is 0 Å². The maximum atomic E-state index is 10.5. The highest BCUT2D eigenvalue weighted by Gasteiger charge is 2.16. The van der Waals surface area contributed by atoms with Crippen molar-refractivity contribution in [2.24, 2.45) is 0 Å². The number of benzene rings is 1. The van der Waals surface area contributed by atoms with Crippen LogP contribution in [0, 0.1) is 0 Å². The summed E-state index contributed by atoms with van der Waals surface area (Å²) in [7, 11) is 2.22. The topological polar surface area (TPSA) is 47.8 Å². The van der Waals surface area contributed by atoms with Gasteiger partial charge in [0.15, 0.2) is 0 Å². The summed E-state index contributed by atoms with van der Waals surface area (Å²) in [6.45, 7) is 4.44. The van der Waals surface area contributed by atoms with Crippen molar-refractivity contribution in [3.63, 3.8) is 0 Å². The van der Waals surface area contributed by atoms with E-state index in [1.807, 2.05) is 12.1 Å². The summed E-state index contributed by atoms with van der Waals surface area (Å²) in [6, 6.07) is 8.19. The fourth-order valence-electron chi connectivity index (χ4n) is 2.30. The normalized spacial score (nSPS) is 16.8. The van der Waals surface area contributed by atoms with Crippen molar-refractivity contribution >= 4 is 11.7 Å². The molecule has 1 aliphatic heterocycles. The molecule has 1 saturated heterocycles. The lowest BCUT2D eigenvalue weighted by Crippen LogP contribution is -3.12. The van der Waals surface area contributed by atoms with Crippen LogP contribution >= 0.6 is 0 Å². The van der Waals surface area contributed by atoms with Crippen LogP contribution in [0.4, 0.5) is 5.69 Å². The highest BCUT2D eigenvalue weighted by Crippen LogP contribution is 2.17. The summed E-state index contributed by atoms with van der Waals surface area (Å²) < 4.78 is 0. The molecule has 2 rings (SSSR count). The standard InChI is InChI=1S/C14H20N2O2/c1-15-7-9-16(10-8-15)13-4-2-3-12(11-13)5-6-14(17)18/h2-4,11H,5-10H2,1H3,(H,17,18). The van der Waals surface area contributed by atoms with E-state index in [0.29, 0.717) is 6.42 Å². The van der Waals surface area contributed by atoms with Gasteiger partial charge < -0.3 is 19.7 Å². The van der Waals surface area contributed by atoms with E-state index in [9.17, 15) is 9.90 Å². The molecule has 1 fully saturated rings. The average molecular weight is 248 g/mol. The number of likely N-dealkylation sites (N-methyl/N-ethyl adjacent to an activating group) is 1. The zero-order chi connectivity index (χ0) is 13.0. The Morgan fingerprint density at radius 2 is 2.11 bits per heavy atom. The van der Waals surface area contributed by atoms with Gasteiger partial charge in [-0.1, -0.05) is 12.1 Å². The third-order valence-electron chi connectivity index (χ3n) is 3.51. The number of aliphatic carboxylic acids is 1. The number of nitrogens with one attached hydrogen (secondary N) is 1. The first kappa shape index (κ1) is 12.9. The second-order valence-electron chi connectivity index (χ2n) is 4.99. The van der Waals surface area contributed by atoms with E-state index in [0.717, 1.165) is 31.7 Å². The summed E-state index contributed by atoms with van der Waals surface area (Å²) in [5.41, 5.74) is 2.28. The number of hydrogen-bond donors (Lipinski definition) is 1. The smallest absolute Gasteiger partial charge is 0.0947 e. The van der Waals surface area contributed by atoms with Gasteiger partial charge in [0.05, 0.1) is 33.2 Å². The number of aryl methyl sites for hydroxylation is 1. The Morgan fingerprint density at radius 1 is 1.39 bits per heavy atom. The molecule has 0 aliphatic carbocycles. The lowest BCUT2D eigenvalue weighted by atomic mass is 10.1. The van der Waals surface area contributed by atoms with Gasteiger partial charge in [-0.05, 0) is 30.5 Å². The Hall–Kier alpha value is -1.55. The number of carbonyl (C=O) groups is 1. The number of rotatable bonds is 4. The van der Waals surface area contributed by atoms with Crippen LogP contribution in [0.2, 0.25) is 0 Å². The number of carboxylic acid groups (broad SMARTS) is 1. The van der Waals surface area contributed by atoms with E-state index in [-0.39, 0.29) is 6.42 Å². The van der Waals surface area contributed by atoms with Crippen LogP contribution in [0.25, 0.3) is 0 Å². The minimum absolute atomic E-state index is 0.0936. The molecule has 1 heterocycles. The molecule has 0 atom stereocenters. The van der Waals surface area contributed by atoms with E-state index in [1.54, 1.807) is 4.90 Å². The first-order valence-electron chi connectivity index (χ1n) is 6.50. The molecule has 0 bridgehead atoms. The van der Waals surface area contributed by atoms with Gasteiger partial charge in [-0.3, -0.25) is 0 Å². The van der Waals surface area contributed by atoms with Gasteiger partial charge in [0, 0.05) is 11.7 Å². The Bertz CT molecular complexity index is 412. The predicted molar refractivity (Wildman–Crippen MR) is 68.6 cm³/mol. The third-order valence-corrected chi connectivity index (χ3v) is 3.51. The fraction of sp³-hybridized carbons (Fsp3) is 0.500. The SMILES string of the molecule is C[NH+]1CCN(c2cccc(CCC(=O)[O-])c2)CC1. The van der Waals surface area contributed by atoms with Crippen LogP contribution < -0.4 is 14.9 Å². The number of piperazine rings is 1. The number of quaternary nitrogens is 1. The summed E-state index contributed by atoms with van der Waals surface area (Å²) in [4.78, 5) is 14.4. The van der Waals surface area contributed by atoms with Gasteiger partial charge >= 0.3 is 0 Å². The Morgan fingerprint density at radius 3 is 2.78 bits per heavy atom. The predicted octanol–water partition coefficient (Wildman–Crippen LogP) is -1.30. The molecular formula is C14H20N2O2. The van der Waals surface area contributed by atoms with Crippen LogP contribution in [0.5, 0.6) is 0 Å². The van der Waals surface area contributed by atoms with Gasteiger partial charge in [0.25, 0.3) is 0 Å². The highest BCUT2D eigenvalue weighted by molar-refractivity contribution is 5.64. The molecule has 0 aromatic heterocycles. The van der Waals surface area contributed by atoms with Crippen molar-refractivity contribution in [3.05, 3.63) is 29.8 Å². The van der Waals surface area contributed by atoms with Crippen molar-refractivity contribution in [2.75, 3.05) is 38.1 Å². The third kappa shape index (κ3) is 3.47. The molecule has 4 nitrogen and oxygen atoms in total. The summed E-state index contributed by atoms with van der Waals surface area (Å²) in [5.74, 6) is -0.983. The number of carbonyl (C=O) groups excluding carboxylic acids is 1. The maximum absolute atomic E-state index is 10.5. The number of hydrogen-bond acceptors (Lipinski definition) is 3. The number of carboxylic acids is 1. The van der Waals surface area contributed by atoms with Gasteiger partial charge in [-0.25, -0.2) is 0 Å². The van der Waals surface area contributed by atoms with Crippen molar-refractivity contribution in [1.82, 2.24) is 0 Å². The second-order valence-corrected chi connectivity index (χ2v) is 4.99. The zero-order valence-corrected chi connectivity index (χ0v) is 10.8. The average Bonchev–Trinajstić information content (AvgIpc) is 2.37. The maximum Gasteiger partial charge on any atom is 0.0947 e. The lowest BCUT2D eigenvalue weighted by molar-refractivity contribution is -0.880. The monoisotopic (exact) mass is 248 g/mol. The summed E-state index contributed by atoms with van der Waals surface area (Å²) in [6.07, 6.45) is 0.644. The van der Waals surface area contributed by atoms with E-state index in [2.05, 4.69) is 24.1 Å². The van der Waals surface area contributed by atoms with Gasteiger partial charge in [0.2, 0.25) is 0 Å². The van der Waals surface area contributed by atoms with Crippen LogP contribution in [-0.2, 0) is 11.2 Å². The minimum atomic E-state index is -0.983. The van der Waals surface area contributed by atoms with Gasteiger partial charge in [0.1, 0.15) is 0 Å². The molecule has 0 radical (unpaired) electrons. The van der Waals surface area contributed by atoms with Gasteiger partial charge in [-0.15, -0.1) is 0 Å². The molecule has 4 heteroatoms. The first-order chi connectivity index (χ1) is 8.65. The fourth-order valence-corrected chi connectivity index (χ4v) is 2.30. The van der Waals surface area contributed by atoms with Crippen molar-refractivity contribution in [2.45, 2.75) is 12.8 Å². The molecular weight excluding hydrogens is 228 g/mol. The summed E-state index contributed by atoms with van der Waals surface area (Å²) >= 11 is 0. The highest BCUT2D eigenvalue weighted by atomic mass is 16.4. The minimum Gasteiger partial charge on any atom is -0.550 e. The molecule has 18 heavy (non-hydrogen) atoms. The van der Waals surface area contributed by atoms with E-state index in [1.165, 1.54) is 5.69 Å². The number of nitrogens with zero attached hydrogens (tertiary/aromatic N) is 1. The van der Waals surface area contributed by atoms with Crippen molar-refractivity contribution in [3.8, 4) is 0 Å². The Kier molecular flexibility index (Phi) is 4.20. The number of anilines is 1. The van der Waals surface area contributed by atoms with E-state index >= 15 is 0 Å². The molecule has 0 unspecified atom stereocenters. The van der Waals surface area contributed by atoms with Crippen molar-refractivity contribution < 1.29 is 14.8 Å². The molecule has 0 spiro atoms. The van der Waals surface area contributed by atoms with Crippen molar-refractivity contribution in [1.29, 1.82) is 0 Å². The molecule has 1 N–H and O–H groups in total. The molecule has 0 amide bonds. The van der Waals surface area contributed by atoms with Crippen LogP contribution in [0.3, 0.4) is 0 Å². The zero-order valence-electron chi connectivity index (χ0n) is 10.8. The van der Waals surface area contributed by atoms with Crippen LogP contribution in [0.15, 0.2) is 24.3 Å². The molecule has 1 aliphatic rings. The van der Waals surface area contributed by atoms with Gasteiger partial charge in [-0.2, -0.15) is 0 Å². The van der Waals surface area contributed by atoms with E-state index < -0.39 is 5.97 Å². The Balaban J connectivity index is 2.00. The summed E-state index contributed by atoms with van der Waals surface area (Å²) in [5, 5.41) is 10.5. The molecule has 1 aromatic carbocycles. The molecule has 1 aromatic rings. The quantitative estimate of drug-likeness (QED) is 0.721. The lowest BCUT2D eigenvalue weighted by Gasteiger charge is -2.32. The Labute approximate surface area is 108 Å². The van der Waals surface area contributed by atoms with Crippen LogP contribution in [0.1, 0.15) is 12.0 Å². The second kappa shape index (κ2) is 5.87.